The summed E-state index contributed by atoms with van der Waals surface area (Å²) >= 11 is 5.88. The summed E-state index contributed by atoms with van der Waals surface area (Å²) < 4.78 is 5.85. The summed E-state index contributed by atoms with van der Waals surface area (Å²) in [5.74, 6) is 0.796. The fourth-order valence-corrected chi connectivity index (χ4v) is 2.50. The van der Waals surface area contributed by atoms with E-state index >= 15 is 0 Å². The van der Waals surface area contributed by atoms with Crippen LogP contribution in [0.1, 0.15) is 45.6 Å². The molecule has 0 spiro atoms. The van der Waals surface area contributed by atoms with Crippen LogP contribution >= 0.6 is 11.6 Å². The van der Waals surface area contributed by atoms with Crippen LogP contribution in [0.3, 0.4) is 0 Å². The average molecular weight is 346 g/mol. The number of rotatable bonds is 6. The van der Waals surface area contributed by atoms with Gasteiger partial charge in [-0.05, 0) is 62.1 Å². The number of para-hydroxylation sites is 1. The first-order chi connectivity index (χ1) is 11.3. The van der Waals surface area contributed by atoms with Gasteiger partial charge in [0.2, 0.25) is 0 Å². The van der Waals surface area contributed by atoms with Crippen molar-refractivity contribution in [3.63, 3.8) is 0 Å². The molecule has 0 aliphatic carbocycles. The molecule has 128 valence electrons. The van der Waals surface area contributed by atoms with Gasteiger partial charge in [-0.25, -0.2) is 0 Å². The molecule has 0 radical (unpaired) electrons. The van der Waals surface area contributed by atoms with Gasteiger partial charge in [0.15, 0.2) is 5.60 Å². The van der Waals surface area contributed by atoms with Crippen LogP contribution < -0.4 is 10.1 Å². The van der Waals surface area contributed by atoms with E-state index in [1.54, 1.807) is 38.1 Å². The normalized spacial score (nSPS) is 12.5. The van der Waals surface area contributed by atoms with E-state index in [1.165, 1.54) is 0 Å². The largest absolute Gasteiger partial charge is 0.478 e. The highest BCUT2D eigenvalue weighted by Crippen LogP contribution is 2.28. The number of hydrogen-bond acceptors (Lipinski definition) is 2. The average Bonchev–Trinajstić information content (AvgIpc) is 2.56. The van der Waals surface area contributed by atoms with Gasteiger partial charge in [-0.3, -0.25) is 4.79 Å². The Morgan fingerprint density at radius 1 is 1.17 bits per heavy atom. The molecule has 0 saturated carbocycles. The smallest absolute Gasteiger partial charge is 0.267 e. The zero-order valence-electron chi connectivity index (χ0n) is 14.6. The molecule has 1 N–H and O–H groups in total. The van der Waals surface area contributed by atoms with Crippen molar-refractivity contribution < 1.29 is 9.53 Å². The van der Waals surface area contributed by atoms with Crippen molar-refractivity contribution in [2.24, 2.45) is 0 Å². The van der Waals surface area contributed by atoms with Crippen LogP contribution in [0.25, 0.3) is 0 Å². The van der Waals surface area contributed by atoms with Crippen LogP contribution in [0.5, 0.6) is 5.75 Å². The third kappa shape index (κ3) is 4.51. The molecule has 0 bridgehead atoms. The number of amides is 1. The van der Waals surface area contributed by atoms with Crippen LogP contribution in [0.15, 0.2) is 48.5 Å². The lowest BCUT2D eigenvalue weighted by molar-refractivity contribution is -0.128. The molecule has 2 aromatic carbocycles. The number of carbonyl (C=O) groups excluding carboxylic acids is 1. The standard InChI is InChI=1S/C20H24ClNO2/c1-5-14(2)17-8-6-7-9-18(17)22-19(23)20(3,4)24-16-12-10-15(21)11-13-16/h6-14H,5H2,1-4H3,(H,22,23)/t14-/m0/s1. The lowest BCUT2D eigenvalue weighted by Crippen LogP contribution is -2.42. The monoisotopic (exact) mass is 345 g/mol. The third-order valence-corrected chi connectivity index (χ3v) is 4.34. The maximum atomic E-state index is 12.7. The first-order valence-corrected chi connectivity index (χ1v) is 8.56. The van der Waals surface area contributed by atoms with Crippen LogP contribution in [0.2, 0.25) is 5.02 Å². The molecule has 0 aliphatic rings. The van der Waals surface area contributed by atoms with Crippen LogP contribution in [-0.2, 0) is 4.79 Å². The molecule has 2 aromatic rings. The van der Waals surface area contributed by atoms with Crippen molar-refractivity contribution in [2.75, 3.05) is 5.32 Å². The molecule has 0 aromatic heterocycles. The van der Waals surface area contributed by atoms with E-state index in [9.17, 15) is 4.79 Å². The molecule has 1 atom stereocenters. The van der Waals surface area contributed by atoms with E-state index in [-0.39, 0.29) is 5.91 Å². The predicted octanol–water partition coefficient (Wildman–Crippen LogP) is 5.65. The lowest BCUT2D eigenvalue weighted by atomic mass is 9.96. The highest BCUT2D eigenvalue weighted by atomic mass is 35.5. The summed E-state index contributed by atoms with van der Waals surface area (Å²) in [5, 5.41) is 3.64. The van der Waals surface area contributed by atoms with Crippen molar-refractivity contribution in [3.05, 3.63) is 59.1 Å². The Bertz CT molecular complexity index is 695. The summed E-state index contributed by atoms with van der Waals surface area (Å²) in [6.45, 7) is 7.79. The first-order valence-electron chi connectivity index (χ1n) is 8.18. The summed E-state index contributed by atoms with van der Waals surface area (Å²) in [6, 6.07) is 14.9. The first kappa shape index (κ1) is 18.3. The van der Waals surface area contributed by atoms with Gasteiger partial charge in [-0.1, -0.05) is 43.6 Å². The fourth-order valence-electron chi connectivity index (χ4n) is 2.38. The molecular formula is C20H24ClNO2. The van der Waals surface area contributed by atoms with Gasteiger partial charge in [-0.15, -0.1) is 0 Å². The SMILES string of the molecule is CC[C@H](C)c1ccccc1NC(=O)C(C)(C)Oc1ccc(Cl)cc1. The Kier molecular flexibility index (Phi) is 5.89. The zero-order valence-corrected chi connectivity index (χ0v) is 15.4. The summed E-state index contributed by atoms with van der Waals surface area (Å²) in [7, 11) is 0. The van der Waals surface area contributed by atoms with E-state index in [1.807, 2.05) is 18.2 Å². The Hall–Kier alpha value is -2.00. The maximum absolute atomic E-state index is 12.7. The van der Waals surface area contributed by atoms with Crippen molar-refractivity contribution in [3.8, 4) is 5.75 Å². The number of ether oxygens (including phenoxy) is 1. The summed E-state index contributed by atoms with van der Waals surface area (Å²) in [6.07, 6.45) is 1.01. The molecule has 3 nitrogen and oxygen atoms in total. The van der Waals surface area contributed by atoms with Crippen molar-refractivity contribution in [2.45, 2.75) is 45.6 Å². The van der Waals surface area contributed by atoms with E-state index < -0.39 is 5.60 Å². The molecule has 0 fully saturated rings. The minimum atomic E-state index is -1.00. The number of halogens is 1. The van der Waals surface area contributed by atoms with Crippen LogP contribution in [0, 0.1) is 0 Å². The molecule has 0 unspecified atom stereocenters. The number of anilines is 1. The van der Waals surface area contributed by atoms with E-state index in [4.69, 9.17) is 16.3 Å². The Balaban J connectivity index is 2.15. The van der Waals surface area contributed by atoms with Gasteiger partial charge in [0.1, 0.15) is 5.75 Å². The number of carbonyl (C=O) groups is 1. The van der Waals surface area contributed by atoms with E-state index in [0.29, 0.717) is 16.7 Å². The van der Waals surface area contributed by atoms with Crippen molar-refractivity contribution in [1.29, 1.82) is 0 Å². The highest BCUT2D eigenvalue weighted by molar-refractivity contribution is 6.30. The summed E-state index contributed by atoms with van der Waals surface area (Å²) in [5.41, 5.74) is 0.969. The number of benzene rings is 2. The topological polar surface area (TPSA) is 38.3 Å². The Morgan fingerprint density at radius 2 is 1.79 bits per heavy atom. The Labute approximate surface area is 149 Å². The van der Waals surface area contributed by atoms with Gasteiger partial charge in [-0.2, -0.15) is 0 Å². The molecule has 4 heteroatoms. The third-order valence-electron chi connectivity index (χ3n) is 4.09. The van der Waals surface area contributed by atoms with Gasteiger partial charge < -0.3 is 10.1 Å². The van der Waals surface area contributed by atoms with E-state index in [2.05, 4.69) is 25.2 Å². The second kappa shape index (κ2) is 7.71. The fraction of sp³-hybridized carbons (Fsp3) is 0.350. The molecule has 0 heterocycles. The van der Waals surface area contributed by atoms with Crippen molar-refractivity contribution in [1.82, 2.24) is 0 Å². The minimum absolute atomic E-state index is 0.187. The second-order valence-electron chi connectivity index (χ2n) is 6.42. The van der Waals surface area contributed by atoms with Gasteiger partial charge in [0.25, 0.3) is 5.91 Å². The number of hydrogen-bond donors (Lipinski definition) is 1. The molecule has 0 saturated heterocycles. The van der Waals surface area contributed by atoms with Gasteiger partial charge in [0.05, 0.1) is 0 Å². The molecular weight excluding hydrogens is 322 g/mol. The molecule has 24 heavy (non-hydrogen) atoms. The van der Waals surface area contributed by atoms with Gasteiger partial charge in [0, 0.05) is 10.7 Å². The second-order valence-corrected chi connectivity index (χ2v) is 6.85. The Morgan fingerprint density at radius 3 is 2.42 bits per heavy atom. The quantitative estimate of drug-likeness (QED) is 0.734. The summed E-state index contributed by atoms with van der Waals surface area (Å²) in [4.78, 5) is 12.7. The minimum Gasteiger partial charge on any atom is -0.478 e. The maximum Gasteiger partial charge on any atom is 0.267 e. The molecule has 2 rings (SSSR count). The molecule has 1 amide bonds. The predicted molar refractivity (Wildman–Crippen MR) is 99.9 cm³/mol. The lowest BCUT2D eigenvalue weighted by Gasteiger charge is -2.26. The van der Waals surface area contributed by atoms with E-state index in [0.717, 1.165) is 17.7 Å². The van der Waals surface area contributed by atoms with Crippen molar-refractivity contribution >= 4 is 23.2 Å². The highest BCUT2D eigenvalue weighted by Gasteiger charge is 2.30. The number of nitrogens with one attached hydrogen (secondary N) is 1. The molecule has 0 aliphatic heterocycles. The van der Waals surface area contributed by atoms with Crippen LogP contribution in [0.4, 0.5) is 5.69 Å². The zero-order chi connectivity index (χ0) is 17.7. The van der Waals surface area contributed by atoms with Gasteiger partial charge >= 0.3 is 0 Å². The van der Waals surface area contributed by atoms with Crippen LogP contribution in [-0.4, -0.2) is 11.5 Å².